The summed E-state index contributed by atoms with van der Waals surface area (Å²) in [6.45, 7) is 9.91. The average molecular weight is 757 g/mol. The number of carbonyl (C=O) groups is 1. The molecule has 5 rings (SSSR count). The van der Waals surface area contributed by atoms with Gasteiger partial charge in [-0.15, -0.1) is 0 Å². The zero-order chi connectivity index (χ0) is 37.6. The van der Waals surface area contributed by atoms with E-state index in [0.29, 0.717) is 22.2 Å². The molecule has 1 amide bonds. The second-order valence-electron chi connectivity index (χ2n) is 14.1. The van der Waals surface area contributed by atoms with Crippen molar-refractivity contribution in [3.05, 3.63) is 161 Å². The van der Waals surface area contributed by atoms with Gasteiger partial charge in [0.25, 0.3) is 5.91 Å². The van der Waals surface area contributed by atoms with Crippen LogP contribution < -0.4 is 14.5 Å². The number of carbonyl (C=O) groups excluding carboxylic acids is 1. The third kappa shape index (κ3) is 9.12. The molecule has 11 heteroatoms. The molecular formula is C41H45ClN2O6SSi. The zero-order valence-corrected chi connectivity index (χ0v) is 32.8. The Bertz CT molecular complexity index is 1930. The van der Waals surface area contributed by atoms with Gasteiger partial charge in [-0.3, -0.25) is 13.9 Å². The smallest absolute Gasteiger partial charge is 0.273 e. The summed E-state index contributed by atoms with van der Waals surface area (Å²) in [6, 6.07) is 42.5. The number of hydrogen-bond acceptors (Lipinski definition) is 6. The van der Waals surface area contributed by atoms with Gasteiger partial charge in [-0.25, -0.2) is 13.9 Å². The Kier molecular flexibility index (Phi) is 12.0. The van der Waals surface area contributed by atoms with Gasteiger partial charge in [0, 0.05) is 5.02 Å². The normalized spacial score (nSPS) is 12.9. The van der Waals surface area contributed by atoms with E-state index in [-0.39, 0.29) is 11.6 Å². The van der Waals surface area contributed by atoms with Crippen LogP contribution in [0.1, 0.15) is 37.5 Å². The van der Waals surface area contributed by atoms with Crippen molar-refractivity contribution in [2.45, 2.75) is 50.6 Å². The van der Waals surface area contributed by atoms with Gasteiger partial charge in [0.1, 0.15) is 17.6 Å². The fraction of sp³-hybridized carbons (Fsp3) is 0.244. The van der Waals surface area contributed by atoms with Gasteiger partial charge < -0.3 is 9.16 Å². The third-order valence-corrected chi connectivity index (χ3v) is 15.2. The van der Waals surface area contributed by atoms with E-state index in [9.17, 15) is 13.2 Å². The lowest BCUT2D eigenvalue weighted by molar-refractivity contribution is -0.150. The van der Waals surface area contributed by atoms with Crippen LogP contribution >= 0.6 is 11.6 Å². The third-order valence-electron chi connectivity index (χ3n) is 9.29. The van der Waals surface area contributed by atoms with E-state index < -0.39 is 36.0 Å². The molecule has 272 valence electrons. The second kappa shape index (κ2) is 16.1. The maximum atomic E-state index is 14.5. The number of hydrogen-bond donors (Lipinski definition) is 1. The molecule has 5 aromatic carbocycles. The highest BCUT2D eigenvalue weighted by molar-refractivity contribution is 7.92. The number of anilines is 1. The first kappa shape index (κ1) is 38.8. The molecule has 0 aromatic heterocycles. The molecule has 5 aromatic rings. The lowest BCUT2D eigenvalue weighted by Gasteiger charge is -2.40. The van der Waals surface area contributed by atoms with Crippen molar-refractivity contribution in [2.75, 3.05) is 17.1 Å². The Morgan fingerprint density at radius 2 is 1.15 bits per heavy atom. The molecule has 0 fully saturated rings. The van der Waals surface area contributed by atoms with Crippen LogP contribution in [0.3, 0.4) is 0 Å². The van der Waals surface area contributed by atoms with Crippen molar-refractivity contribution in [2.24, 2.45) is 0 Å². The Hall–Kier alpha value is -4.45. The van der Waals surface area contributed by atoms with Crippen molar-refractivity contribution in [3.63, 3.8) is 0 Å². The SMILES string of the molecule is CC(C)(C)[Si](C)(C)O[C@@H](CN(c1ccc(Oc2ccc(Cl)cc2)cc1)S(C)(=O)=O)C(=O)NOC(c1ccccc1)(c1ccccc1)c1ccccc1. The number of amides is 1. The molecule has 8 nitrogen and oxygen atoms in total. The Morgan fingerprint density at radius 1 is 0.731 bits per heavy atom. The van der Waals surface area contributed by atoms with Crippen molar-refractivity contribution >= 4 is 41.5 Å². The van der Waals surface area contributed by atoms with Crippen LogP contribution in [-0.4, -0.2) is 41.5 Å². The summed E-state index contributed by atoms with van der Waals surface area (Å²) in [7, 11) is -6.54. The van der Waals surface area contributed by atoms with Gasteiger partial charge in [-0.1, -0.05) is 123 Å². The van der Waals surface area contributed by atoms with E-state index in [2.05, 4.69) is 26.3 Å². The maximum absolute atomic E-state index is 14.5. The number of nitrogens with one attached hydrogen (secondary N) is 1. The van der Waals surface area contributed by atoms with Gasteiger partial charge in [-0.2, -0.15) is 0 Å². The molecule has 0 aliphatic rings. The Balaban J connectivity index is 1.51. The quantitative estimate of drug-likeness (QED) is 0.0690. The van der Waals surface area contributed by atoms with Crippen molar-refractivity contribution in [3.8, 4) is 11.5 Å². The van der Waals surface area contributed by atoms with Crippen molar-refractivity contribution < 1.29 is 27.2 Å². The number of hydroxylamine groups is 1. The molecule has 0 radical (unpaired) electrons. The molecule has 0 saturated heterocycles. The van der Waals surface area contributed by atoms with E-state index in [0.717, 1.165) is 22.9 Å². The van der Waals surface area contributed by atoms with Gasteiger partial charge in [0.05, 0.1) is 18.5 Å². The van der Waals surface area contributed by atoms with Crippen LogP contribution in [0.4, 0.5) is 5.69 Å². The van der Waals surface area contributed by atoms with Crippen LogP contribution in [0.15, 0.2) is 140 Å². The summed E-state index contributed by atoms with van der Waals surface area (Å²) in [5, 5.41) is 0.298. The summed E-state index contributed by atoms with van der Waals surface area (Å²) in [6.07, 6.45) is -0.130. The van der Waals surface area contributed by atoms with Crippen LogP contribution in [0, 0.1) is 0 Å². The first-order valence-electron chi connectivity index (χ1n) is 16.9. The molecule has 0 spiro atoms. The van der Waals surface area contributed by atoms with Crippen LogP contribution in [0.2, 0.25) is 23.2 Å². The lowest BCUT2D eigenvalue weighted by atomic mass is 9.80. The molecule has 52 heavy (non-hydrogen) atoms. The molecule has 0 aliphatic heterocycles. The topological polar surface area (TPSA) is 94.2 Å². The van der Waals surface area contributed by atoms with Crippen molar-refractivity contribution in [1.29, 1.82) is 0 Å². The highest BCUT2D eigenvalue weighted by Crippen LogP contribution is 2.41. The summed E-state index contributed by atoms with van der Waals surface area (Å²) in [5.41, 5.74) is 4.20. The Labute approximate surface area is 313 Å². The van der Waals surface area contributed by atoms with E-state index in [1.165, 1.54) is 4.31 Å². The van der Waals surface area contributed by atoms with Crippen LogP contribution in [-0.2, 0) is 29.7 Å². The molecule has 0 saturated carbocycles. The largest absolute Gasteiger partial charge is 0.457 e. The second-order valence-corrected chi connectivity index (χ2v) is 21.2. The minimum atomic E-state index is -3.89. The molecular weight excluding hydrogens is 712 g/mol. The molecule has 0 unspecified atom stereocenters. The predicted molar refractivity (Wildman–Crippen MR) is 211 cm³/mol. The summed E-state index contributed by atoms with van der Waals surface area (Å²) < 4.78 is 40.6. The number of benzene rings is 5. The first-order chi connectivity index (χ1) is 24.6. The number of halogens is 1. The fourth-order valence-electron chi connectivity index (χ4n) is 5.50. The molecule has 0 aliphatic carbocycles. The van der Waals surface area contributed by atoms with Gasteiger partial charge in [0.15, 0.2) is 13.9 Å². The zero-order valence-electron chi connectivity index (χ0n) is 30.2. The number of ether oxygens (including phenoxy) is 1. The number of sulfonamides is 1. The van der Waals surface area contributed by atoms with Gasteiger partial charge >= 0.3 is 0 Å². The number of rotatable bonds is 14. The highest BCUT2D eigenvalue weighted by atomic mass is 35.5. The van der Waals surface area contributed by atoms with Gasteiger partial charge in [-0.05, 0) is 83.4 Å². The van der Waals surface area contributed by atoms with Crippen LogP contribution in [0.25, 0.3) is 0 Å². The van der Waals surface area contributed by atoms with E-state index in [1.54, 1.807) is 48.5 Å². The number of nitrogens with zero attached hydrogens (tertiary/aromatic N) is 1. The van der Waals surface area contributed by atoms with E-state index in [1.807, 2.05) is 104 Å². The van der Waals surface area contributed by atoms with E-state index >= 15 is 0 Å². The molecule has 1 N–H and O–H groups in total. The highest BCUT2D eigenvalue weighted by Gasteiger charge is 2.44. The minimum absolute atomic E-state index is 0.287. The molecule has 0 bridgehead atoms. The monoisotopic (exact) mass is 756 g/mol. The lowest BCUT2D eigenvalue weighted by Crippen LogP contribution is -2.54. The minimum Gasteiger partial charge on any atom is -0.457 e. The first-order valence-corrected chi connectivity index (χ1v) is 22.1. The predicted octanol–water partition coefficient (Wildman–Crippen LogP) is 9.33. The molecule has 0 heterocycles. The average Bonchev–Trinajstić information content (AvgIpc) is 3.12. The fourth-order valence-corrected chi connectivity index (χ4v) is 7.78. The van der Waals surface area contributed by atoms with Gasteiger partial charge in [0.2, 0.25) is 10.0 Å². The van der Waals surface area contributed by atoms with Crippen LogP contribution in [0.5, 0.6) is 11.5 Å². The van der Waals surface area contributed by atoms with E-state index in [4.69, 9.17) is 25.6 Å². The molecule has 1 atom stereocenters. The summed E-state index contributed by atoms with van der Waals surface area (Å²) >= 11 is 6.01. The summed E-state index contributed by atoms with van der Waals surface area (Å²) in [5.74, 6) is 0.460. The Morgan fingerprint density at radius 3 is 1.56 bits per heavy atom. The van der Waals surface area contributed by atoms with Crippen molar-refractivity contribution in [1.82, 2.24) is 5.48 Å². The summed E-state index contributed by atoms with van der Waals surface area (Å²) in [4.78, 5) is 21.1. The maximum Gasteiger partial charge on any atom is 0.273 e. The standard InChI is InChI=1S/C41H45ClN2O6SSi/c1-40(2,3)52(5,6)49-38(30-44(51(4,46)47)35-24-28-37(29-25-35)48-36-26-22-34(42)23-27-36)39(45)43-50-41(31-16-10-7-11-17-31,32-18-12-8-13-19-32)33-20-14-9-15-21-33/h7-29,38H,30H2,1-6H3,(H,43,45)/t38-/m0/s1.